The third-order valence-corrected chi connectivity index (χ3v) is 4.45. The van der Waals surface area contributed by atoms with Crippen LogP contribution in [0.25, 0.3) is 11.1 Å². The number of allylic oxidation sites excluding steroid dienone is 2. The summed E-state index contributed by atoms with van der Waals surface area (Å²) in [6.07, 6.45) is 5.96. The molecule has 0 unspecified atom stereocenters. The summed E-state index contributed by atoms with van der Waals surface area (Å²) in [7, 11) is 0. The Hall–Kier alpha value is -3.21. The van der Waals surface area contributed by atoms with E-state index in [1.165, 1.54) is 13.8 Å². The van der Waals surface area contributed by atoms with Gasteiger partial charge in [-0.1, -0.05) is 18.2 Å². The second kappa shape index (κ2) is 8.65. The van der Waals surface area contributed by atoms with Crippen molar-refractivity contribution in [2.24, 2.45) is 0 Å². The number of carbonyl (C=O) groups is 3. The third kappa shape index (κ3) is 4.94. The second-order valence-corrected chi connectivity index (χ2v) is 6.76. The van der Waals surface area contributed by atoms with Gasteiger partial charge < -0.3 is 9.47 Å². The predicted molar refractivity (Wildman–Crippen MR) is 105 cm³/mol. The minimum Gasteiger partial charge on any atom is -0.426 e. The molecular weight excluding hydrogens is 356 g/mol. The van der Waals surface area contributed by atoms with Crippen LogP contribution < -0.4 is 9.47 Å². The first kappa shape index (κ1) is 19.5. The van der Waals surface area contributed by atoms with Crippen LogP contribution in [0.2, 0.25) is 0 Å². The molecule has 0 aromatic heterocycles. The van der Waals surface area contributed by atoms with Crippen LogP contribution in [0.4, 0.5) is 0 Å². The van der Waals surface area contributed by atoms with E-state index in [9.17, 15) is 14.4 Å². The van der Waals surface area contributed by atoms with E-state index in [-0.39, 0.29) is 5.78 Å². The Morgan fingerprint density at radius 3 is 1.86 bits per heavy atom. The van der Waals surface area contributed by atoms with Crippen molar-refractivity contribution in [1.29, 1.82) is 0 Å². The third-order valence-electron chi connectivity index (χ3n) is 4.45. The summed E-state index contributed by atoms with van der Waals surface area (Å²) in [5.74, 6) is 0.0173. The number of esters is 2. The van der Waals surface area contributed by atoms with Crippen molar-refractivity contribution < 1.29 is 23.9 Å². The molecule has 144 valence electrons. The smallest absolute Gasteiger partial charge is 0.308 e. The van der Waals surface area contributed by atoms with E-state index in [0.717, 1.165) is 24.0 Å². The van der Waals surface area contributed by atoms with Crippen molar-refractivity contribution in [2.45, 2.75) is 39.5 Å². The number of ether oxygens (including phenoxy) is 2. The van der Waals surface area contributed by atoms with Crippen LogP contribution in [0, 0.1) is 0 Å². The molecular formula is C23H22O5. The Morgan fingerprint density at radius 2 is 1.32 bits per heavy atom. The van der Waals surface area contributed by atoms with Crippen molar-refractivity contribution in [1.82, 2.24) is 0 Å². The maximum Gasteiger partial charge on any atom is 0.308 e. The lowest BCUT2D eigenvalue weighted by atomic mass is 9.96. The molecule has 0 atom stereocenters. The van der Waals surface area contributed by atoms with Crippen LogP contribution in [0.1, 0.15) is 37.8 Å². The second-order valence-electron chi connectivity index (χ2n) is 6.76. The van der Waals surface area contributed by atoms with Gasteiger partial charge in [-0.25, -0.2) is 0 Å². The maximum atomic E-state index is 12.0. The fraction of sp³-hybridized carbons (Fsp3) is 0.261. The maximum absolute atomic E-state index is 12.0. The molecule has 0 aliphatic heterocycles. The molecule has 0 heterocycles. The van der Waals surface area contributed by atoms with Crippen molar-refractivity contribution in [3.63, 3.8) is 0 Å². The molecule has 2 aromatic rings. The number of ketones is 1. The first-order chi connectivity index (χ1) is 13.4. The fourth-order valence-electron chi connectivity index (χ4n) is 3.19. The first-order valence-electron chi connectivity index (χ1n) is 9.25. The Kier molecular flexibility index (Phi) is 6.04. The highest BCUT2D eigenvalue weighted by Crippen LogP contribution is 2.38. The standard InChI is InChI=1S/C23H22O5/c1-15(24)27-22-11-8-17-5-3-4-6-19(26)10-7-18-9-12-23(28-16(2)25)21(14-18)20(22)13-17/h4,6,8-9,11-14H,3,5,7,10H2,1-2H3/b6-4+. The molecule has 0 amide bonds. The summed E-state index contributed by atoms with van der Waals surface area (Å²) in [4.78, 5) is 35.2. The topological polar surface area (TPSA) is 69.7 Å². The first-order valence-corrected chi connectivity index (χ1v) is 9.25. The van der Waals surface area contributed by atoms with E-state index in [4.69, 9.17) is 9.47 Å². The number of rotatable bonds is 2. The van der Waals surface area contributed by atoms with E-state index in [2.05, 4.69) is 0 Å². The van der Waals surface area contributed by atoms with E-state index in [0.29, 0.717) is 35.5 Å². The highest BCUT2D eigenvalue weighted by Gasteiger charge is 2.17. The van der Waals surface area contributed by atoms with E-state index in [1.807, 2.05) is 30.3 Å². The average Bonchev–Trinajstić information content (AvgIpc) is 2.64. The zero-order valence-electron chi connectivity index (χ0n) is 16.0. The minimum absolute atomic E-state index is 0.0807. The van der Waals surface area contributed by atoms with Gasteiger partial charge in [0.1, 0.15) is 11.5 Å². The van der Waals surface area contributed by atoms with Crippen molar-refractivity contribution in [3.05, 3.63) is 59.7 Å². The van der Waals surface area contributed by atoms with Crippen LogP contribution in [0.15, 0.2) is 48.6 Å². The van der Waals surface area contributed by atoms with Crippen LogP contribution in [-0.2, 0) is 27.2 Å². The van der Waals surface area contributed by atoms with Gasteiger partial charge in [-0.15, -0.1) is 0 Å². The van der Waals surface area contributed by atoms with Crippen molar-refractivity contribution in [2.75, 3.05) is 0 Å². The zero-order chi connectivity index (χ0) is 20.1. The number of fused-ring (bicyclic) bond motifs is 5. The summed E-state index contributed by atoms with van der Waals surface area (Å²) >= 11 is 0. The van der Waals surface area contributed by atoms with Gasteiger partial charge in [-0.2, -0.15) is 0 Å². The molecule has 0 fully saturated rings. The quantitative estimate of drug-likeness (QED) is 0.578. The van der Waals surface area contributed by atoms with Gasteiger partial charge in [0.25, 0.3) is 0 Å². The van der Waals surface area contributed by atoms with E-state index in [1.54, 1.807) is 18.2 Å². The molecule has 3 rings (SSSR count). The Balaban J connectivity index is 2.18. The normalized spacial score (nSPS) is 14.9. The molecule has 1 aliphatic rings. The molecule has 0 saturated carbocycles. The molecule has 2 aromatic carbocycles. The van der Waals surface area contributed by atoms with Gasteiger partial charge in [0.2, 0.25) is 0 Å². The summed E-state index contributed by atoms with van der Waals surface area (Å²) in [6, 6.07) is 11.0. The molecule has 0 saturated heterocycles. The van der Waals surface area contributed by atoms with Crippen molar-refractivity contribution >= 4 is 17.7 Å². The van der Waals surface area contributed by atoms with E-state index < -0.39 is 11.9 Å². The monoisotopic (exact) mass is 378 g/mol. The number of hydrogen-bond acceptors (Lipinski definition) is 5. The predicted octanol–water partition coefficient (Wildman–Crippen LogP) is 4.21. The molecule has 5 heteroatoms. The number of carbonyl (C=O) groups excluding carboxylic acids is 3. The highest BCUT2D eigenvalue weighted by molar-refractivity contribution is 5.90. The zero-order valence-corrected chi connectivity index (χ0v) is 16.0. The van der Waals surface area contributed by atoms with Crippen LogP contribution >= 0.6 is 0 Å². The lowest BCUT2D eigenvalue weighted by Crippen LogP contribution is -2.06. The Morgan fingerprint density at radius 1 is 0.786 bits per heavy atom. The van der Waals surface area contributed by atoms with Crippen LogP contribution in [-0.4, -0.2) is 17.7 Å². The number of hydrogen-bond donors (Lipinski definition) is 0. The molecule has 0 radical (unpaired) electrons. The van der Waals surface area contributed by atoms with Crippen LogP contribution in [0.5, 0.6) is 11.5 Å². The number of aryl methyl sites for hydroxylation is 2. The summed E-state index contributed by atoms with van der Waals surface area (Å²) < 4.78 is 10.8. The van der Waals surface area contributed by atoms with Gasteiger partial charge in [-0.05, 0) is 60.7 Å². The molecule has 0 N–H and O–H groups in total. The Labute approximate surface area is 164 Å². The lowest BCUT2D eigenvalue weighted by Gasteiger charge is -2.15. The molecule has 4 bridgehead atoms. The summed E-state index contributed by atoms with van der Waals surface area (Å²) in [5.41, 5.74) is 3.30. The SMILES string of the molecule is CC(=O)Oc1ccc2cc1-c1cc(ccc1OC(C)=O)CCC(=O)/C=C/CC2. The van der Waals surface area contributed by atoms with Gasteiger partial charge in [-0.3, -0.25) is 14.4 Å². The van der Waals surface area contributed by atoms with Gasteiger partial charge in [0, 0.05) is 31.4 Å². The lowest BCUT2D eigenvalue weighted by molar-refractivity contribution is -0.132. The van der Waals surface area contributed by atoms with Gasteiger partial charge in [0.05, 0.1) is 0 Å². The molecule has 28 heavy (non-hydrogen) atoms. The molecule has 0 spiro atoms. The van der Waals surface area contributed by atoms with Gasteiger partial charge >= 0.3 is 11.9 Å². The molecule has 1 aliphatic carbocycles. The van der Waals surface area contributed by atoms with Gasteiger partial charge in [0.15, 0.2) is 5.78 Å². The number of benzene rings is 2. The highest BCUT2D eigenvalue weighted by atomic mass is 16.5. The summed E-state index contributed by atoms with van der Waals surface area (Å²) in [5, 5.41) is 0. The fourth-order valence-corrected chi connectivity index (χ4v) is 3.19. The van der Waals surface area contributed by atoms with Crippen LogP contribution in [0.3, 0.4) is 0 Å². The largest absolute Gasteiger partial charge is 0.426 e. The molecule has 5 nitrogen and oxygen atoms in total. The van der Waals surface area contributed by atoms with E-state index >= 15 is 0 Å². The summed E-state index contributed by atoms with van der Waals surface area (Å²) in [6.45, 7) is 2.69. The average molecular weight is 378 g/mol. The van der Waals surface area contributed by atoms with Crippen molar-refractivity contribution in [3.8, 4) is 22.6 Å². The Bertz CT molecular complexity index is 955. The minimum atomic E-state index is -0.434.